The van der Waals surface area contributed by atoms with Gasteiger partial charge in [0, 0.05) is 28.0 Å². The van der Waals surface area contributed by atoms with Crippen molar-refractivity contribution in [2.75, 3.05) is 4.90 Å². The van der Waals surface area contributed by atoms with Gasteiger partial charge in [-0.15, -0.1) is 0 Å². The van der Waals surface area contributed by atoms with E-state index in [0.717, 1.165) is 39.4 Å². The van der Waals surface area contributed by atoms with Crippen LogP contribution in [0.4, 0.5) is 17.1 Å². The minimum absolute atomic E-state index is 0.865. The Kier molecular flexibility index (Phi) is 7.53. The third kappa shape index (κ3) is 5.51. The Morgan fingerprint density at radius 3 is 1.29 bits per heavy atom. The van der Waals surface area contributed by atoms with E-state index in [0.29, 0.717) is 0 Å². The van der Waals surface area contributed by atoms with E-state index in [4.69, 9.17) is 4.42 Å². The van der Waals surface area contributed by atoms with Gasteiger partial charge in [0.1, 0.15) is 11.3 Å². The fourth-order valence-corrected chi connectivity index (χ4v) is 8.41. The first-order chi connectivity index (χ1) is 27.7. The van der Waals surface area contributed by atoms with Crippen molar-refractivity contribution >= 4 is 71.1 Å². The zero-order valence-electron chi connectivity index (χ0n) is 30.6. The number of hydrogen-bond donors (Lipinski definition) is 0. The molecule has 0 bridgehead atoms. The van der Waals surface area contributed by atoms with E-state index in [2.05, 4.69) is 199 Å². The molecule has 1 heterocycles. The number of furan rings is 1. The summed E-state index contributed by atoms with van der Waals surface area (Å²) >= 11 is 0. The molecule has 0 N–H and O–H groups in total. The highest BCUT2D eigenvalue weighted by molar-refractivity contribution is 6.25. The Morgan fingerprint density at radius 1 is 0.268 bits per heavy atom. The van der Waals surface area contributed by atoms with E-state index in [9.17, 15) is 0 Å². The lowest BCUT2D eigenvalue weighted by atomic mass is 9.92. The highest BCUT2D eigenvalue weighted by atomic mass is 16.3. The number of rotatable bonds is 6. The topological polar surface area (TPSA) is 16.4 Å². The van der Waals surface area contributed by atoms with E-state index in [1.54, 1.807) is 0 Å². The first-order valence-electron chi connectivity index (χ1n) is 19.2. The molecule has 0 aliphatic heterocycles. The molecule has 0 spiro atoms. The lowest BCUT2D eigenvalue weighted by Gasteiger charge is -2.26. The Labute approximate surface area is 325 Å². The molecule has 2 nitrogen and oxygen atoms in total. The molecule has 56 heavy (non-hydrogen) atoms. The normalized spacial score (nSPS) is 11.6. The van der Waals surface area contributed by atoms with Crippen LogP contribution in [0.1, 0.15) is 0 Å². The zero-order chi connectivity index (χ0) is 37.0. The maximum absolute atomic E-state index is 6.22. The molecule has 262 valence electrons. The van der Waals surface area contributed by atoms with E-state index in [1.165, 1.54) is 65.3 Å². The van der Waals surface area contributed by atoms with Crippen LogP contribution in [0.2, 0.25) is 0 Å². The lowest BCUT2D eigenvalue weighted by Crippen LogP contribution is -2.09. The summed E-state index contributed by atoms with van der Waals surface area (Å²) in [7, 11) is 0. The SMILES string of the molecule is c1ccc2cc(-c3ccc(N(c4ccc(-c5ccc6c7ccccc7c7ccccc7c6c5)cc4)c4ccc(-c5cc6ccccc6o5)cc4)cc3)ccc2c1. The van der Waals surface area contributed by atoms with Gasteiger partial charge in [0.25, 0.3) is 0 Å². The quantitative estimate of drug-likeness (QED) is 0.160. The largest absolute Gasteiger partial charge is 0.456 e. The highest BCUT2D eigenvalue weighted by Crippen LogP contribution is 2.40. The molecule has 0 aliphatic rings. The Hall–Kier alpha value is -7.42. The van der Waals surface area contributed by atoms with Crippen LogP contribution in [0.3, 0.4) is 0 Å². The minimum atomic E-state index is 0.865. The van der Waals surface area contributed by atoms with Gasteiger partial charge in [0.05, 0.1) is 0 Å². The summed E-state index contributed by atoms with van der Waals surface area (Å²) in [4.78, 5) is 2.33. The van der Waals surface area contributed by atoms with Gasteiger partial charge >= 0.3 is 0 Å². The van der Waals surface area contributed by atoms with Crippen LogP contribution >= 0.6 is 0 Å². The number of benzene rings is 10. The molecule has 0 aliphatic carbocycles. The minimum Gasteiger partial charge on any atom is -0.456 e. The van der Waals surface area contributed by atoms with Crippen LogP contribution in [0.5, 0.6) is 0 Å². The standard InChI is InChI=1S/C54H35NO/c1-2-10-40-33-41(18-17-36(40)9-1)37-19-26-44(27-20-37)55(46-30-23-39(24-31-46)54-35-43-11-3-8-16-53(43)56-54)45-28-21-38(22-29-45)42-25-32-51-49-14-5-4-12-47(49)48-13-6-7-15-50(48)52(51)34-42/h1-35H. The van der Waals surface area contributed by atoms with Crippen molar-refractivity contribution in [1.82, 2.24) is 0 Å². The smallest absolute Gasteiger partial charge is 0.135 e. The van der Waals surface area contributed by atoms with E-state index < -0.39 is 0 Å². The molecule has 0 saturated carbocycles. The second-order valence-electron chi connectivity index (χ2n) is 14.5. The molecule has 11 aromatic rings. The summed E-state index contributed by atoms with van der Waals surface area (Å²) < 4.78 is 6.22. The van der Waals surface area contributed by atoms with Gasteiger partial charge in [-0.25, -0.2) is 0 Å². The fourth-order valence-electron chi connectivity index (χ4n) is 8.41. The van der Waals surface area contributed by atoms with Gasteiger partial charge in [-0.2, -0.15) is 0 Å². The summed E-state index contributed by atoms with van der Waals surface area (Å²) in [5.41, 5.74) is 9.95. The predicted molar refractivity (Wildman–Crippen MR) is 237 cm³/mol. The van der Waals surface area contributed by atoms with Crippen molar-refractivity contribution < 1.29 is 4.42 Å². The molecule has 0 radical (unpaired) electrons. The fraction of sp³-hybridized carbons (Fsp3) is 0. The summed E-state index contributed by atoms with van der Waals surface area (Å²) in [5, 5.41) is 11.3. The average molecular weight is 714 g/mol. The van der Waals surface area contributed by atoms with Gasteiger partial charge < -0.3 is 9.32 Å². The van der Waals surface area contributed by atoms with Crippen molar-refractivity contribution in [2.45, 2.75) is 0 Å². The lowest BCUT2D eigenvalue weighted by molar-refractivity contribution is 0.631. The second kappa shape index (κ2) is 13.2. The summed E-state index contributed by atoms with van der Waals surface area (Å²) in [6.07, 6.45) is 0. The summed E-state index contributed by atoms with van der Waals surface area (Å²) in [6, 6.07) is 76.5. The number of anilines is 3. The molecule has 0 atom stereocenters. The predicted octanol–water partition coefficient (Wildman–Crippen LogP) is 15.5. The van der Waals surface area contributed by atoms with Crippen molar-refractivity contribution in [3.8, 4) is 33.6 Å². The van der Waals surface area contributed by atoms with Crippen LogP contribution < -0.4 is 4.90 Å². The summed E-state index contributed by atoms with van der Waals surface area (Å²) in [6.45, 7) is 0. The van der Waals surface area contributed by atoms with Gasteiger partial charge in [0.2, 0.25) is 0 Å². The van der Waals surface area contributed by atoms with Gasteiger partial charge in [0.15, 0.2) is 0 Å². The van der Waals surface area contributed by atoms with Crippen molar-refractivity contribution in [2.24, 2.45) is 0 Å². The monoisotopic (exact) mass is 713 g/mol. The molecule has 10 aromatic carbocycles. The van der Waals surface area contributed by atoms with E-state index in [1.807, 2.05) is 18.2 Å². The molecule has 0 fully saturated rings. The van der Waals surface area contributed by atoms with Crippen molar-refractivity contribution in [1.29, 1.82) is 0 Å². The molecule has 11 rings (SSSR count). The molecule has 1 aromatic heterocycles. The first kappa shape index (κ1) is 32.0. The van der Waals surface area contributed by atoms with Crippen LogP contribution in [0.25, 0.3) is 87.6 Å². The van der Waals surface area contributed by atoms with Crippen molar-refractivity contribution in [3.05, 3.63) is 212 Å². The summed E-state index contributed by atoms with van der Waals surface area (Å²) in [5.74, 6) is 0.865. The molecule has 0 saturated heterocycles. The first-order valence-corrected chi connectivity index (χ1v) is 19.2. The van der Waals surface area contributed by atoms with Crippen LogP contribution in [0, 0.1) is 0 Å². The molecular weight excluding hydrogens is 679 g/mol. The number of para-hydroxylation sites is 1. The molecule has 2 heteroatoms. The number of nitrogens with zero attached hydrogens (tertiary/aromatic N) is 1. The van der Waals surface area contributed by atoms with Gasteiger partial charge in [-0.05, 0) is 138 Å². The molecule has 0 unspecified atom stereocenters. The second-order valence-corrected chi connectivity index (χ2v) is 14.5. The Morgan fingerprint density at radius 2 is 0.696 bits per heavy atom. The molecular formula is C54H35NO. The van der Waals surface area contributed by atoms with Crippen LogP contribution in [0.15, 0.2) is 217 Å². The third-order valence-corrected chi connectivity index (χ3v) is 11.2. The number of fused-ring (bicyclic) bond motifs is 8. The highest BCUT2D eigenvalue weighted by Gasteiger charge is 2.16. The number of hydrogen-bond acceptors (Lipinski definition) is 2. The van der Waals surface area contributed by atoms with E-state index in [-0.39, 0.29) is 0 Å². The molecule has 0 amide bonds. The third-order valence-electron chi connectivity index (χ3n) is 11.2. The van der Waals surface area contributed by atoms with Crippen LogP contribution in [-0.4, -0.2) is 0 Å². The van der Waals surface area contributed by atoms with Gasteiger partial charge in [-0.3, -0.25) is 0 Å². The van der Waals surface area contributed by atoms with E-state index >= 15 is 0 Å². The maximum atomic E-state index is 6.22. The Balaban J connectivity index is 0.983. The van der Waals surface area contributed by atoms with Crippen molar-refractivity contribution in [3.63, 3.8) is 0 Å². The zero-order valence-corrected chi connectivity index (χ0v) is 30.6. The maximum Gasteiger partial charge on any atom is 0.135 e. The average Bonchev–Trinajstić information content (AvgIpc) is 3.72. The van der Waals surface area contributed by atoms with Gasteiger partial charge in [-0.1, -0.05) is 140 Å². The Bertz CT molecular complexity index is 3160. The van der Waals surface area contributed by atoms with Crippen LogP contribution in [-0.2, 0) is 0 Å².